The first-order valence-electron chi connectivity index (χ1n) is 9.45. The predicted octanol–water partition coefficient (Wildman–Crippen LogP) is 4.54. The molecule has 3 nitrogen and oxygen atoms in total. The standard InChI is InChI=1S/C23H25NO2/c1-26-20-11-8-16(9-12-20)14-21(18-5-3-2-4-6-18)23(25)24-22-15-17-7-10-19(22)13-17/h2-6,8-9,11-12,14,17,19,22H,7,10,13,15H2,1H3,(H,24,25)/b21-14-/t17-,19+,22-/m1/s1. The smallest absolute Gasteiger partial charge is 0.252 e. The van der Waals surface area contributed by atoms with Crippen LogP contribution in [-0.2, 0) is 4.79 Å². The topological polar surface area (TPSA) is 38.3 Å². The van der Waals surface area contributed by atoms with Gasteiger partial charge in [0.15, 0.2) is 0 Å². The molecule has 0 radical (unpaired) electrons. The second-order valence-corrected chi connectivity index (χ2v) is 7.45. The molecule has 26 heavy (non-hydrogen) atoms. The van der Waals surface area contributed by atoms with Gasteiger partial charge in [0.05, 0.1) is 7.11 Å². The second kappa shape index (κ2) is 7.36. The number of amides is 1. The number of methoxy groups -OCH3 is 1. The highest BCUT2D eigenvalue weighted by molar-refractivity contribution is 6.24. The van der Waals surface area contributed by atoms with E-state index in [0.29, 0.717) is 12.0 Å². The van der Waals surface area contributed by atoms with E-state index in [9.17, 15) is 4.79 Å². The fourth-order valence-corrected chi connectivity index (χ4v) is 4.43. The first-order chi connectivity index (χ1) is 12.7. The molecule has 0 aliphatic heterocycles. The predicted molar refractivity (Wildman–Crippen MR) is 105 cm³/mol. The molecule has 2 aromatic carbocycles. The summed E-state index contributed by atoms with van der Waals surface area (Å²) in [4.78, 5) is 13.1. The monoisotopic (exact) mass is 347 g/mol. The van der Waals surface area contributed by atoms with Gasteiger partial charge in [-0.2, -0.15) is 0 Å². The molecular weight excluding hydrogens is 322 g/mol. The van der Waals surface area contributed by atoms with Gasteiger partial charge in [0.2, 0.25) is 0 Å². The lowest BCUT2D eigenvalue weighted by Crippen LogP contribution is -2.38. The molecule has 3 heteroatoms. The van der Waals surface area contributed by atoms with Crippen molar-refractivity contribution < 1.29 is 9.53 Å². The molecule has 0 aromatic heterocycles. The zero-order valence-electron chi connectivity index (χ0n) is 15.2. The van der Waals surface area contributed by atoms with Crippen molar-refractivity contribution in [1.82, 2.24) is 5.32 Å². The number of nitrogens with one attached hydrogen (secondary N) is 1. The molecular formula is C23H25NO2. The number of carbonyl (C=O) groups excluding carboxylic acids is 1. The Morgan fingerprint density at radius 1 is 1.04 bits per heavy atom. The molecule has 0 spiro atoms. The zero-order valence-corrected chi connectivity index (χ0v) is 15.2. The van der Waals surface area contributed by atoms with E-state index >= 15 is 0 Å². The number of rotatable bonds is 5. The average molecular weight is 347 g/mol. The van der Waals surface area contributed by atoms with Crippen molar-refractivity contribution in [3.05, 3.63) is 65.7 Å². The quantitative estimate of drug-likeness (QED) is 0.637. The van der Waals surface area contributed by atoms with Crippen LogP contribution in [0.5, 0.6) is 5.75 Å². The lowest BCUT2D eigenvalue weighted by Gasteiger charge is -2.23. The summed E-state index contributed by atoms with van der Waals surface area (Å²) in [5.41, 5.74) is 2.66. The third-order valence-corrected chi connectivity index (χ3v) is 5.81. The molecule has 1 N–H and O–H groups in total. The van der Waals surface area contributed by atoms with Gasteiger partial charge in [-0.05, 0) is 60.4 Å². The first kappa shape index (κ1) is 16.9. The van der Waals surface area contributed by atoms with E-state index in [2.05, 4.69) is 5.32 Å². The number of hydrogen-bond acceptors (Lipinski definition) is 2. The zero-order chi connectivity index (χ0) is 17.9. The third kappa shape index (κ3) is 3.52. The summed E-state index contributed by atoms with van der Waals surface area (Å²) in [6.45, 7) is 0. The Hall–Kier alpha value is -2.55. The van der Waals surface area contributed by atoms with Gasteiger partial charge in [0.25, 0.3) is 5.91 Å². The Balaban J connectivity index is 1.60. The van der Waals surface area contributed by atoms with E-state index in [-0.39, 0.29) is 5.91 Å². The largest absolute Gasteiger partial charge is 0.497 e. The van der Waals surface area contributed by atoms with Crippen LogP contribution < -0.4 is 10.1 Å². The molecule has 134 valence electrons. The number of hydrogen-bond donors (Lipinski definition) is 1. The fourth-order valence-electron chi connectivity index (χ4n) is 4.43. The maximum atomic E-state index is 13.1. The fraction of sp³-hybridized carbons (Fsp3) is 0.348. The molecule has 3 atom stereocenters. The van der Waals surface area contributed by atoms with E-state index in [4.69, 9.17) is 4.74 Å². The summed E-state index contributed by atoms with van der Waals surface area (Å²) in [6, 6.07) is 18.0. The van der Waals surface area contributed by atoms with Gasteiger partial charge in [0, 0.05) is 11.6 Å². The minimum Gasteiger partial charge on any atom is -0.497 e. The van der Waals surface area contributed by atoms with E-state index in [1.807, 2.05) is 60.7 Å². The van der Waals surface area contributed by atoms with Crippen molar-refractivity contribution in [3.63, 3.8) is 0 Å². The van der Waals surface area contributed by atoms with Gasteiger partial charge in [0.1, 0.15) is 5.75 Å². The van der Waals surface area contributed by atoms with Crippen LogP contribution in [0.15, 0.2) is 54.6 Å². The molecule has 2 saturated carbocycles. The van der Waals surface area contributed by atoms with Crippen molar-refractivity contribution in [2.45, 2.75) is 31.7 Å². The highest BCUT2D eigenvalue weighted by Crippen LogP contribution is 2.44. The molecule has 1 amide bonds. The number of fused-ring (bicyclic) bond motifs is 2. The number of ether oxygens (including phenoxy) is 1. The van der Waals surface area contributed by atoms with Gasteiger partial charge < -0.3 is 10.1 Å². The van der Waals surface area contributed by atoms with Crippen LogP contribution in [0.2, 0.25) is 0 Å². The van der Waals surface area contributed by atoms with Crippen molar-refractivity contribution >= 4 is 17.6 Å². The van der Waals surface area contributed by atoms with Gasteiger partial charge in [-0.15, -0.1) is 0 Å². The highest BCUT2D eigenvalue weighted by Gasteiger charge is 2.40. The normalized spacial score (nSPS) is 24.5. The maximum absolute atomic E-state index is 13.1. The first-order valence-corrected chi connectivity index (χ1v) is 9.45. The van der Waals surface area contributed by atoms with Crippen molar-refractivity contribution in [3.8, 4) is 5.75 Å². The lowest BCUT2D eigenvalue weighted by molar-refractivity contribution is -0.116. The molecule has 0 heterocycles. The minimum absolute atomic E-state index is 0.0320. The van der Waals surface area contributed by atoms with Crippen LogP contribution in [0.1, 0.15) is 36.8 Å². The average Bonchev–Trinajstić information content (AvgIpc) is 3.30. The van der Waals surface area contributed by atoms with Crippen molar-refractivity contribution in [2.75, 3.05) is 7.11 Å². The van der Waals surface area contributed by atoms with Gasteiger partial charge in [-0.3, -0.25) is 4.79 Å². The van der Waals surface area contributed by atoms with E-state index in [1.165, 1.54) is 19.3 Å². The Morgan fingerprint density at radius 3 is 2.42 bits per heavy atom. The molecule has 2 aromatic rings. The molecule has 2 aliphatic rings. The van der Waals surface area contributed by atoms with Crippen LogP contribution >= 0.6 is 0 Å². The molecule has 2 fully saturated rings. The second-order valence-electron chi connectivity index (χ2n) is 7.45. The Bertz CT molecular complexity index is 795. The third-order valence-electron chi connectivity index (χ3n) is 5.81. The van der Waals surface area contributed by atoms with E-state index in [1.54, 1.807) is 7.11 Å². The summed E-state index contributed by atoms with van der Waals surface area (Å²) >= 11 is 0. The van der Waals surface area contributed by atoms with Crippen LogP contribution in [0.4, 0.5) is 0 Å². The van der Waals surface area contributed by atoms with Gasteiger partial charge >= 0.3 is 0 Å². The summed E-state index contributed by atoms with van der Waals surface area (Å²) in [5, 5.41) is 3.32. The molecule has 2 aliphatic carbocycles. The van der Waals surface area contributed by atoms with Gasteiger partial charge in [-0.25, -0.2) is 0 Å². The van der Waals surface area contributed by atoms with E-state index < -0.39 is 0 Å². The van der Waals surface area contributed by atoms with Crippen LogP contribution in [-0.4, -0.2) is 19.1 Å². The molecule has 4 rings (SSSR count). The molecule has 0 unspecified atom stereocenters. The Labute approximate surface area is 155 Å². The number of benzene rings is 2. The summed E-state index contributed by atoms with van der Waals surface area (Å²) in [6.07, 6.45) is 6.99. The Kier molecular flexibility index (Phi) is 4.79. The summed E-state index contributed by atoms with van der Waals surface area (Å²) in [7, 11) is 1.66. The van der Waals surface area contributed by atoms with E-state index in [0.717, 1.165) is 34.8 Å². The van der Waals surface area contributed by atoms with Crippen molar-refractivity contribution in [1.29, 1.82) is 0 Å². The summed E-state index contributed by atoms with van der Waals surface area (Å²) in [5.74, 6) is 2.33. The SMILES string of the molecule is COc1ccc(/C=C(\C(=O)N[C@@H]2C[C@@H]3CC[C@H]2C3)c2ccccc2)cc1. The van der Waals surface area contributed by atoms with Crippen LogP contribution in [0.3, 0.4) is 0 Å². The minimum atomic E-state index is 0.0320. The molecule has 0 saturated heterocycles. The Morgan fingerprint density at radius 2 is 1.81 bits per heavy atom. The summed E-state index contributed by atoms with van der Waals surface area (Å²) < 4.78 is 5.22. The molecule has 2 bridgehead atoms. The van der Waals surface area contributed by atoms with Crippen LogP contribution in [0, 0.1) is 11.8 Å². The maximum Gasteiger partial charge on any atom is 0.252 e. The highest BCUT2D eigenvalue weighted by atomic mass is 16.5. The number of carbonyl (C=O) groups is 1. The van der Waals surface area contributed by atoms with Gasteiger partial charge in [-0.1, -0.05) is 48.9 Å². The van der Waals surface area contributed by atoms with Crippen LogP contribution in [0.25, 0.3) is 11.6 Å². The van der Waals surface area contributed by atoms with Crippen molar-refractivity contribution in [2.24, 2.45) is 11.8 Å². The lowest BCUT2D eigenvalue weighted by atomic mass is 9.94.